The minimum absolute atomic E-state index is 0.0186. The topological polar surface area (TPSA) is 148 Å². The third kappa shape index (κ3) is 8.01. The first-order valence-electron chi connectivity index (χ1n) is 13.4. The van der Waals surface area contributed by atoms with Crippen LogP contribution < -0.4 is 19.1 Å². The second-order valence-corrected chi connectivity index (χ2v) is 12.0. The van der Waals surface area contributed by atoms with E-state index in [9.17, 15) is 28.1 Å². The highest BCUT2D eigenvalue weighted by molar-refractivity contribution is 7.92. The third-order valence-electron chi connectivity index (χ3n) is 6.69. The molecule has 230 valence electrons. The zero-order chi connectivity index (χ0) is 31.9. The van der Waals surface area contributed by atoms with E-state index in [4.69, 9.17) is 9.47 Å². The fourth-order valence-electron chi connectivity index (χ4n) is 4.31. The van der Waals surface area contributed by atoms with Crippen LogP contribution in [0.5, 0.6) is 11.5 Å². The van der Waals surface area contributed by atoms with Gasteiger partial charge in [0.25, 0.3) is 15.7 Å². The Labute approximate surface area is 251 Å². The number of nitrogens with one attached hydrogen (secondary N) is 1. The van der Waals surface area contributed by atoms with Gasteiger partial charge in [0.1, 0.15) is 24.1 Å². The number of benzene rings is 3. The molecule has 0 aliphatic heterocycles. The molecule has 0 saturated heterocycles. The maximum atomic E-state index is 14.0. The summed E-state index contributed by atoms with van der Waals surface area (Å²) in [7, 11) is -1.54. The number of sulfonamides is 1. The summed E-state index contributed by atoms with van der Waals surface area (Å²) in [6.45, 7) is 5.93. The van der Waals surface area contributed by atoms with Crippen molar-refractivity contribution in [1.82, 2.24) is 10.2 Å². The molecule has 1 N–H and O–H groups in total. The van der Waals surface area contributed by atoms with Crippen LogP contribution in [-0.2, 0) is 26.2 Å². The van der Waals surface area contributed by atoms with Gasteiger partial charge in [-0.3, -0.25) is 24.0 Å². The number of carbonyl (C=O) groups excluding carboxylic acids is 2. The van der Waals surface area contributed by atoms with Gasteiger partial charge in [0.15, 0.2) is 0 Å². The average Bonchev–Trinajstić information content (AvgIpc) is 2.97. The molecule has 43 heavy (non-hydrogen) atoms. The number of methoxy groups -OCH3 is 2. The van der Waals surface area contributed by atoms with Crippen LogP contribution in [0.15, 0.2) is 71.6 Å². The van der Waals surface area contributed by atoms with Crippen LogP contribution in [0.3, 0.4) is 0 Å². The number of aryl methyl sites for hydroxylation is 1. The number of nitrogens with zero attached hydrogens (tertiary/aromatic N) is 3. The molecule has 2 amide bonds. The van der Waals surface area contributed by atoms with Crippen molar-refractivity contribution in [3.05, 3.63) is 88.0 Å². The van der Waals surface area contributed by atoms with E-state index in [1.807, 2.05) is 0 Å². The number of ether oxygens (including phenoxy) is 2. The Kier molecular flexibility index (Phi) is 10.7. The molecule has 0 aromatic heterocycles. The van der Waals surface area contributed by atoms with Gasteiger partial charge in [-0.15, -0.1) is 0 Å². The highest BCUT2D eigenvalue weighted by Gasteiger charge is 2.33. The normalized spacial score (nSPS) is 11.9. The predicted molar refractivity (Wildman–Crippen MR) is 162 cm³/mol. The summed E-state index contributed by atoms with van der Waals surface area (Å²) in [6.07, 6.45) is 0. The summed E-state index contributed by atoms with van der Waals surface area (Å²) < 4.78 is 39.4. The second kappa shape index (κ2) is 14.0. The molecule has 0 saturated carbocycles. The van der Waals surface area contributed by atoms with Crippen LogP contribution in [0.1, 0.15) is 31.9 Å². The van der Waals surface area contributed by atoms with E-state index in [2.05, 4.69) is 5.32 Å². The Morgan fingerprint density at radius 1 is 0.953 bits per heavy atom. The Bertz CT molecular complexity index is 1580. The largest absolute Gasteiger partial charge is 0.497 e. The molecule has 0 spiro atoms. The first kappa shape index (κ1) is 32.9. The lowest BCUT2D eigenvalue weighted by Crippen LogP contribution is -2.52. The quantitative estimate of drug-likeness (QED) is 0.224. The number of hydrogen-bond donors (Lipinski definition) is 1. The van der Waals surface area contributed by atoms with Crippen molar-refractivity contribution < 1.29 is 32.4 Å². The van der Waals surface area contributed by atoms with Crippen LogP contribution in [-0.4, -0.2) is 62.9 Å². The number of nitro groups is 1. The average molecular weight is 613 g/mol. The van der Waals surface area contributed by atoms with Gasteiger partial charge >= 0.3 is 0 Å². The fourth-order valence-corrected chi connectivity index (χ4v) is 5.74. The van der Waals surface area contributed by atoms with Gasteiger partial charge in [0, 0.05) is 24.2 Å². The van der Waals surface area contributed by atoms with Crippen LogP contribution in [0.2, 0.25) is 0 Å². The van der Waals surface area contributed by atoms with Gasteiger partial charge in [0.2, 0.25) is 11.8 Å². The number of nitro benzene ring substituents is 1. The summed E-state index contributed by atoms with van der Waals surface area (Å²) in [6, 6.07) is 15.4. The van der Waals surface area contributed by atoms with Gasteiger partial charge in [-0.1, -0.05) is 18.2 Å². The second-order valence-electron chi connectivity index (χ2n) is 10.1. The van der Waals surface area contributed by atoms with Crippen molar-refractivity contribution in [2.24, 2.45) is 0 Å². The molecule has 3 aromatic carbocycles. The summed E-state index contributed by atoms with van der Waals surface area (Å²) in [5, 5.41) is 14.4. The van der Waals surface area contributed by atoms with Crippen LogP contribution in [0, 0.1) is 17.0 Å². The predicted octanol–water partition coefficient (Wildman–Crippen LogP) is 4.06. The zero-order valence-electron chi connectivity index (χ0n) is 24.9. The van der Waals surface area contributed by atoms with Gasteiger partial charge in [0.05, 0.1) is 29.7 Å². The van der Waals surface area contributed by atoms with E-state index in [1.54, 1.807) is 45.0 Å². The molecule has 0 aliphatic rings. The molecule has 3 aromatic rings. The minimum Gasteiger partial charge on any atom is -0.497 e. The number of rotatable bonds is 13. The molecule has 1 unspecified atom stereocenters. The lowest BCUT2D eigenvalue weighted by molar-refractivity contribution is -0.385. The van der Waals surface area contributed by atoms with E-state index < -0.39 is 39.3 Å². The maximum Gasteiger partial charge on any atom is 0.273 e. The molecule has 1 atom stereocenters. The molecule has 0 fully saturated rings. The first-order chi connectivity index (χ1) is 20.3. The Hall–Kier alpha value is -4.65. The Balaban J connectivity index is 2.10. The smallest absolute Gasteiger partial charge is 0.273 e. The third-order valence-corrected chi connectivity index (χ3v) is 8.46. The lowest BCUT2D eigenvalue weighted by atomic mass is 10.1. The van der Waals surface area contributed by atoms with E-state index in [0.29, 0.717) is 17.1 Å². The Morgan fingerprint density at radius 3 is 2.19 bits per heavy atom. The van der Waals surface area contributed by atoms with Crippen LogP contribution in [0.25, 0.3) is 0 Å². The number of carbonyl (C=O) groups is 2. The lowest BCUT2D eigenvalue weighted by Gasteiger charge is -2.32. The standard InChI is InChI=1S/C30H36N4O8S/c1-20(2)31-30(36)22(4)32(18-23-8-7-9-26(16-23)42-6)29(35)19-33(24-11-13-25(41-5)14-12-24)43(39,40)27-15-10-21(3)28(17-27)34(37)38/h7-17,20,22H,18-19H2,1-6H3,(H,31,36). The van der Waals surface area contributed by atoms with Crippen molar-refractivity contribution in [2.45, 2.75) is 51.2 Å². The van der Waals surface area contributed by atoms with Crippen LogP contribution >= 0.6 is 0 Å². The van der Waals surface area contributed by atoms with E-state index in [1.165, 1.54) is 62.4 Å². The Morgan fingerprint density at radius 2 is 1.60 bits per heavy atom. The summed E-state index contributed by atoms with van der Waals surface area (Å²) >= 11 is 0. The molecule has 12 nitrogen and oxygen atoms in total. The molecule has 0 bridgehead atoms. The van der Waals surface area contributed by atoms with Crippen LogP contribution in [0.4, 0.5) is 11.4 Å². The molecule has 0 heterocycles. The molecule has 0 radical (unpaired) electrons. The zero-order valence-corrected chi connectivity index (χ0v) is 25.8. The summed E-state index contributed by atoms with van der Waals surface area (Å²) in [4.78, 5) is 38.9. The van der Waals surface area contributed by atoms with Crippen molar-refractivity contribution >= 4 is 33.2 Å². The highest BCUT2D eigenvalue weighted by atomic mass is 32.2. The van der Waals surface area contributed by atoms with Gasteiger partial charge < -0.3 is 19.7 Å². The van der Waals surface area contributed by atoms with E-state index >= 15 is 0 Å². The van der Waals surface area contributed by atoms with Crippen molar-refractivity contribution in [3.8, 4) is 11.5 Å². The fraction of sp³-hybridized carbons (Fsp3) is 0.333. The first-order valence-corrected chi connectivity index (χ1v) is 14.9. The molecule has 0 aliphatic carbocycles. The highest BCUT2D eigenvalue weighted by Crippen LogP contribution is 2.29. The molecular formula is C30H36N4O8S. The number of anilines is 1. The maximum absolute atomic E-state index is 14.0. The molecule has 3 rings (SSSR count). The summed E-state index contributed by atoms with van der Waals surface area (Å²) in [5.74, 6) is -0.0842. The van der Waals surface area contributed by atoms with Crippen molar-refractivity contribution in [3.63, 3.8) is 0 Å². The summed E-state index contributed by atoms with van der Waals surface area (Å²) in [5.41, 5.74) is 0.689. The minimum atomic E-state index is -4.50. The SMILES string of the molecule is COc1ccc(N(CC(=O)N(Cc2cccc(OC)c2)C(C)C(=O)NC(C)C)S(=O)(=O)c2ccc(C)c([N+](=O)[O-])c2)cc1. The van der Waals surface area contributed by atoms with Gasteiger partial charge in [-0.2, -0.15) is 0 Å². The van der Waals surface area contributed by atoms with E-state index in [0.717, 1.165) is 10.4 Å². The van der Waals surface area contributed by atoms with E-state index in [-0.39, 0.29) is 34.4 Å². The molecule has 13 heteroatoms. The van der Waals surface area contributed by atoms with Gasteiger partial charge in [-0.25, -0.2) is 8.42 Å². The van der Waals surface area contributed by atoms with Gasteiger partial charge in [-0.05, 0) is 75.7 Å². The monoisotopic (exact) mass is 612 g/mol. The number of amides is 2. The molecular weight excluding hydrogens is 576 g/mol. The van der Waals surface area contributed by atoms with Crippen molar-refractivity contribution in [2.75, 3.05) is 25.1 Å². The van der Waals surface area contributed by atoms with Crippen molar-refractivity contribution in [1.29, 1.82) is 0 Å². The number of hydrogen-bond acceptors (Lipinski definition) is 8.